The lowest BCUT2D eigenvalue weighted by Crippen LogP contribution is -2.76. The van der Waals surface area contributed by atoms with Gasteiger partial charge in [-0.15, -0.1) is 0 Å². The van der Waals surface area contributed by atoms with E-state index < -0.39 is 51.0 Å². The van der Waals surface area contributed by atoms with Crippen LogP contribution in [0.2, 0.25) is 78.6 Å². The molecule has 0 amide bonds. The molecule has 0 bridgehead atoms. The minimum Gasteiger partial charge on any atom is -0.425 e. The van der Waals surface area contributed by atoms with Gasteiger partial charge in [0.1, 0.15) is 0 Å². The second kappa shape index (κ2) is 6.90. The van der Waals surface area contributed by atoms with Crippen LogP contribution in [-0.2, 0) is 16.5 Å². The van der Waals surface area contributed by atoms with Crippen molar-refractivity contribution in [2.24, 2.45) is 0 Å². The van der Waals surface area contributed by atoms with Gasteiger partial charge in [0.15, 0.2) is 8.40 Å². The van der Waals surface area contributed by atoms with Crippen molar-refractivity contribution in [3.8, 4) is 0 Å². The maximum Gasteiger partial charge on any atom is 0.314 e. The van der Waals surface area contributed by atoms with Crippen molar-refractivity contribution >= 4 is 51.0 Å². The summed E-state index contributed by atoms with van der Waals surface area (Å²) in [6.45, 7) is 26.2. The van der Waals surface area contributed by atoms with Gasteiger partial charge < -0.3 is 25.8 Å². The fourth-order valence-corrected chi connectivity index (χ4v) is 39.2. The van der Waals surface area contributed by atoms with Gasteiger partial charge >= 0.3 is 25.7 Å². The molecular formula is C12H38N2O4Si6. The fraction of sp³-hybridized carbons (Fsp3) is 1.00. The summed E-state index contributed by atoms with van der Waals surface area (Å²) in [5, 5.41) is 0. The Morgan fingerprint density at radius 3 is 0.958 bits per heavy atom. The minimum absolute atomic E-state index is 1.88. The maximum absolute atomic E-state index is 6.59. The second-order valence-electron chi connectivity index (χ2n) is 9.50. The fourth-order valence-electron chi connectivity index (χ4n) is 4.06. The topological polar surface area (TPSA) is 61.0 Å². The van der Waals surface area contributed by atoms with Gasteiger partial charge in [0, 0.05) is 0 Å². The van der Waals surface area contributed by atoms with Crippen molar-refractivity contribution in [3.63, 3.8) is 0 Å². The number of hydrogen-bond acceptors (Lipinski definition) is 6. The van der Waals surface area contributed by atoms with E-state index >= 15 is 0 Å². The van der Waals surface area contributed by atoms with Crippen LogP contribution in [0.4, 0.5) is 0 Å². The van der Waals surface area contributed by atoms with Crippen molar-refractivity contribution in [1.29, 1.82) is 0 Å². The summed E-state index contributed by atoms with van der Waals surface area (Å²) >= 11 is 0. The summed E-state index contributed by atoms with van der Waals surface area (Å²) in [7, 11) is -12.9. The molecule has 0 aromatic rings. The molecule has 12 heteroatoms. The van der Waals surface area contributed by atoms with Crippen molar-refractivity contribution in [2.75, 3.05) is 0 Å². The van der Waals surface area contributed by atoms with E-state index in [0.717, 1.165) is 0 Å². The van der Waals surface area contributed by atoms with Gasteiger partial charge in [-0.05, 0) is 78.6 Å². The van der Waals surface area contributed by atoms with Crippen LogP contribution in [0.1, 0.15) is 0 Å². The summed E-state index contributed by atoms with van der Waals surface area (Å²) in [4.78, 5) is 0. The first kappa shape index (κ1) is 23.1. The summed E-state index contributed by atoms with van der Waals surface area (Å²) in [6, 6.07) is 0. The summed E-state index contributed by atoms with van der Waals surface area (Å²) < 4.78 is 33.9. The molecule has 0 atom stereocenters. The Balaban J connectivity index is 3.24. The zero-order chi connectivity index (χ0) is 19.2. The molecule has 0 radical (unpaired) electrons. The molecule has 1 fully saturated rings. The van der Waals surface area contributed by atoms with Crippen molar-refractivity contribution in [1.82, 2.24) is 9.30 Å². The molecule has 1 aliphatic rings. The lowest BCUT2D eigenvalue weighted by Gasteiger charge is -2.47. The monoisotopic (exact) mass is 442 g/mol. The molecule has 1 aliphatic heterocycles. The van der Waals surface area contributed by atoms with Gasteiger partial charge in [-0.25, -0.2) is 0 Å². The predicted octanol–water partition coefficient (Wildman–Crippen LogP) is 3.46. The highest BCUT2D eigenvalue weighted by atomic mass is 28.5. The Hall–Kier alpha value is 1.06. The Kier molecular flexibility index (Phi) is 6.64. The lowest BCUT2D eigenvalue weighted by atomic mass is 11.9. The number of rotatable bonds is 0. The van der Waals surface area contributed by atoms with Crippen LogP contribution in [0.15, 0.2) is 0 Å². The van der Waals surface area contributed by atoms with Gasteiger partial charge in [0.25, 0.3) is 0 Å². The van der Waals surface area contributed by atoms with Gasteiger partial charge in [0.2, 0.25) is 17.0 Å². The van der Waals surface area contributed by atoms with E-state index in [-0.39, 0.29) is 0 Å². The normalized spacial score (nSPS) is 31.5. The molecule has 1 heterocycles. The van der Waals surface area contributed by atoms with Crippen LogP contribution in [0.25, 0.3) is 0 Å². The van der Waals surface area contributed by atoms with E-state index in [4.69, 9.17) is 16.5 Å². The zero-order valence-electron chi connectivity index (χ0n) is 17.6. The van der Waals surface area contributed by atoms with Crippen molar-refractivity contribution < 1.29 is 16.5 Å². The standard InChI is InChI=1S/C12H38N2O4Si6/c1-19(2)13-20(3,4)15-22(7,8)17-24(11,12)18-23(9,10)16-21(5,6)14-19/h13-14H,1-12H3. The van der Waals surface area contributed by atoms with Gasteiger partial charge in [-0.3, -0.25) is 0 Å². The first-order chi connectivity index (χ1) is 10.2. The Morgan fingerprint density at radius 2 is 0.667 bits per heavy atom. The third-order valence-electron chi connectivity index (χ3n) is 3.21. The van der Waals surface area contributed by atoms with Crippen LogP contribution in [0.5, 0.6) is 0 Å². The number of hydrogen-bond donors (Lipinski definition) is 2. The molecule has 0 aromatic heterocycles. The molecule has 24 heavy (non-hydrogen) atoms. The van der Waals surface area contributed by atoms with Crippen LogP contribution in [0.3, 0.4) is 0 Å². The lowest BCUT2D eigenvalue weighted by molar-refractivity contribution is 0.296. The van der Waals surface area contributed by atoms with Crippen LogP contribution in [0, 0.1) is 0 Å². The molecule has 0 spiro atoms. The summed E-state index contributed by atoms with van der Waals surface area (Å²) in [6.07, 6.45) is 0. The van der Waals surface area contributed by atoms with E-state index in [1.807, 2.05) is 0 Å². The van der Waals surface area contributed by atoms with E-state index in [1.54, 1.807) is 0 Å². The van der Waals surface area contributed by atoms with E-state index in [9.17, 15) is 0 Å². The van der Waals surface area contributed by atoms with Crippen LogP contribution >= 0.6 is 0 Å². The predicted molar refractivity (Wildman–Crippen MR) is 116 cm³/mol. The molecule has 1 rings (SSSR count). The minimum atomic E-state index is -2.32. The van der Waals surface area contributed by atoms with E-state index in [1.165, 1.54) is 0 Å². The molecule has 1 saturated heterocycles. The zero-order valence-corrected chi connectivity index (χ0v) is 23.6. The second-order valence-corrected chi connectivity index (χ2v) is 32.5. The molecular weight excluding hydrogens is 405 g/mol. The Bertz CT molecular complexity index is 338. The van der Waals surface area contributed by atoms with Crippen LogP contribution in [-0.4, -0.2) is 51.0 Å². The first-order valence-corrected chi connectivity index (χ1v) is 25.9. The highest BCUT2D eigenvalue weighted by molar-refractivity contribution is 6.98. The molecule has 0 unspecified atom stereocenters. The van der Waals surface area contributed by atoms with E-state index in [0.29, 0.717) is 0 Å². The Morgan fingerprint density at radius 1 is 0.417 bits per heavy atom. The Labute approximate surface area is 155 Å². The molecule has 0 aliphatic carbocycles. The quantitative estimate of drug-likeness (QED) is 0.560. The molecule has 0 saturated carbocycles. The summed E-state index contributed by atoms with van der Waals surface area (Å²) in [5.74, 6) is 0. The third-order valence-corrected chi connectivity index (χ3v) is 28.9. The van der Waals surface area contributed by atoms with Crippen molar-refractivity contribution in [2.45, 2.75) is 78.6 Å². The van der Waals surface area contributed by atoms with Gasteiger partial charge in [0.05, 0.1) is 0 Å². The molecule has 144 valence electrons. The van der Waals surface area contributed by atoms with Crippen LogP contribution < -0.4 is 9.30 Å². The smallest absolute Gasteiger partial charge is 0.314 e. The highest BCUT2D eigenvalue weighted by Gasteiger charge is 2.49. The van der Waals surface area contributed by atoms with Gasteiger partial charge in [-0.2, -0.15) is 0 Å². The average molecular weight is 443 g/mol. The molecule has 6 nitrogen and oxygen atoms in total. The van der Waals surface area contributed by atoms with Crippen molar-refractivity contribution in [3.05, 3.63) is 0 Å². The maximum atomic E-state index is 6.59. The summed E-state index contributed by atoms with van der Waals surface area (Å²) in [5.41, 5.74) is 0. The number of nitrogens with one attached hydrogen (secondary N) is 2. The highest BCUT2D eigenvalue weighted by Crippen LogP contribution is 2.26. The molecule has 0 aromatic carbocycles. The van der Waals surface area contributed by atoms with Gasteiger partial charge in [-0.1, -0.05) is 0 Å². The average Bonchev–Trinajstić information content (AvgIpc) is 1.98. The molecule has 2 N–H and O–H groups in total. The first-order valence-electron chi connectivity index (χ1n) is 8.63. The SMILES string of the molecule is C[Si]1(C)N[Si](C)(C)O[Si](C)(C)O[Si](C)(C)O[Si](C)(C)O[Si](C)(C)N1. The third kappa shape index (κ3) is 8.17. The van der Waals surface area contributed by atoms with E-state index in [2.05, 4.69) is 87.9 Å². The largest absolute Gasteiger partial charge is 0.425 e.